The minimum atomic E-state index is 0.211. The molecule has 0 amide bonds. The van der Waals surface area contributed by atoms with E-state index in [0.717, 1.165) is 5.69 Å². The fraction of sp³-hybridized carbons (Fsp3) is 0.167. The van der Waals surface area contributed by atoms with E-state index in [2.05, 4.69) is 15.1 Å². The monoisotopic (exact) mass is 164 g/mol. The van der Waals surface area contributed by atoms with Gasteiger partial charge in [0.05, 0.1) is 5.69 Å². The summed E-state index contributed by atoms with van der Waals surface area (Å²) in [5, 5.41) is 3.92. The van der Waals surface area contributed by atoms with Crippen LogP contribution >= 0.6 is 0 Å². The van der Waals surface area contributed by atoms with Gasteiger partial charge in [0.15, 0.2) is 0 Å². The molecule has 4 N–H and O–H groups in total. The van der Waals surface area contributed by atoms with Gasteiger partial charge in [0.25, 0.3) is 5.78 Å². The van der Waals surface area contributed by atoms with Gasteiger partial charge in [-0.3, -0.25) is 0 Å². The zero-order chi connectivity index (χ0) is 8.55. The van der Waals surface area contributed by atoms with Gasteiger partial charge in [-0.25, -0.2) is 4.98 Å². The average molecular weight is 164 g/mol. The van der Waals surface area contributed by atoms with Crippen LogP contribution in [0.1, 0.15) is 5.69 Å². The first-order chi connectivity index (χ1) is 5.81. The number of nitrogens with zero attached hydrogens (tertiary/aromatic N) is 4. The molecule has 12 heavy (non-hydrogen) atoms. The zero-order valence-electron chi connectivity index (χ0n) is 6.31. The maximum absolute atomic E-state index is 5.47. The van der Waals surface area contributed by atoms with Crippen LogP contribution in [-0.2, 0) is 6.54 Å². The Kier molecular flexibility index (Phi) is 1.41. The molecule has 2 aromatic rings. The lowest BCUT2D eigenvalue weighted by Gasteiger charge is -1.96. The number of hydrogen-bond donors (Lipinski definition) is 2. The molecular formula is C6H8N6. The third-order valence-corrected chi connectivity index (χ3v) is 1.54. The van der Waals surface area contributed by atoms with Crippen molar-refractivity contribution < 1.29 is 0 Å². The maximum Gasteiger partial charge on any atom is 0.254 e. The molecular weight excluding hydrogens is 156 g/mol. The van der Waals surface area contributed by atoms with E-state index in [4.69, 9.17) is 11.5 Å². The summed E-state index contributed by atoms with van der Waals surface area (Å²) in [5.74, 6) is 0.693. The minimum Gasteiger partial charge on any atom is -0.366 e. The van der Waals surface area contributed by atoms with E-state index in [1.165, 1.54) is 4.52 Å². The maximum atomic E-state index is 5.47. The highest BCUT2D eigenvalue weighted by Crippen LogP contribution is 2.02. The first kappa shape index (κ1) is 6.99. The van der Waals surface area contributed by atoms with Crippen LogP contribution in [0.4, 0.5) is 5.95 Å². The molecule has 0 radical (unpaired) electrons. The first-order valence-electron chi connectivity index (χ1n) is 3.47. The van der Waals surface area contributed by atoms with Crippen molar-refractivity contribution in [1.82, 2.24) is 19.6 Å². The van der Waals surface area contributed by atoms with Crippen molar-refractivity contribution in [3.8, 4) is 0 Å². The summed E-state index contributed by atoms with van der Waals surface area (Å²) in [6.07, 6.45) is 1.63. The molecule has 0 aliphatic carbocycles. The molecule has 0 spiro atoms. The lowest BCUT2D eigenvalue weighted by Crippen LogP contribution is -2.05. The molecule has 0 bridgehead atoms. The van der Waals surface area contributed by atoms with Crippen molar-refractivity contribution in [1.29, 1.82) is 0 Å². The van der Waals surface area contributed by atoms with E-state index >= 15 is 0 Å². The molecule has 0 fully saturated rings. The smallest absolute Gasteiger partial charge is 0.254 e. The predicted molar refractivity (Wildman–Crippen MR) is 43.1 cm³/mol. The van der Waals surface area contributed by atoms with E-state index in [-0.39, 0.29) is 5.95 Å². The van der Waals surface area contributed by atoms with E-state index in [9.17, 15) is 0 Å². The fourth-order valence-corrected chi connectivity index (χ4v) is 1.01. The van der Waals surface area contributed by atoms with Crippen molar-refractivity contribution in [2.75, 3.05) is 5.73 Å². The van der Waals surface area contributed by atoms with E-state index in [1.54, 1.807) is 12.3 Å². The quantitative estimate of drug-likeness (QED) is 0.573. The largest absolute Gasteiger partial charge is 0.366 e. The van der Waals surface area contributed by atoms with E-state index < -0.39 is 0 Å². The number of hydrogen-bond acceptors (Lipinski definition) is 5. The summed E-state index contributed by atoms with van der Waals surface area (Å²) in [6, 6.07) is 1.78. The second kappa shape index (κ2) is 2.42. The zero-order valence-corrected chi connectivity index (χ0v) is 6.31. The van der Waals surface area contributed by atoms with Crippen LogP contribution in [0.15, 0.2) is 12.3 Å². The standard InChI is InChI=1S/C6H8N6/c7-3-4-1-2-9-6-10-5(8)11-12(4)6/h1-2H,3,7H2,(H2,8,11). The molecule has 62 valence electrons. The van der Waals surface area contributed by atoms with Crippen LogP contribution in [0, 0.1) is 0 Å². The molecule has 2 rings (SSSR count). The Bertz CT molecular complexity index is 405. The summed E-state index contributed by atoms with van der Waals surface area (Å²) in [4.78, 5) is 7.85. The summed E-state index contributed by atoms with van der Waals surface area (Å²) < 4.78 is 1.54. The topological polar surface area (TPSA) is 95.1 Å². The number of nitrogens with two attached hydrogens (primary N) is 2. The summed E-state index contributed by atoms with van der Waals surface area (Å²) in [6.45, 7) is 0.391. The Morgan fingerprint density at radius 3 is 3.08 bits per heavy atom. The lowest BCUT2D eigenvalue weighted by molar-refractivity contribution is 0.838. The van der Waals surface area contributed by atoms with Gasteiger partial charge in [0.1, 0.15) is 0 Å². The number of anilines is 1. The molecule has 2 heterocycles. The van der Waals surface area contributed by atoms with Crippen molar-refractivity contribution in [2.45, 2.75) is 6.54 Å². The minimum absolute atomic E-state index is 0.211. The van der Waals surface area contributed by atoms with Crippen LogP contribution < -0.4 is 11.5 Å². The molecule has 0 atom stereocenters. The molecule has 2 aromatic heterocycles. The van der Waals surface area contributed by atoms with Gasteiger partial charge >= 0.3 is 0 Å². The van der Waals surface area contributed by atoms with Crippen LogP contribution in [0.25, 0.3) is 5.78 Å². The van der Waals surface area contributed by atoms with E-state index in [0.29, 0.717) is 12.3 Å². The Hall–Kier alpha value is -1.69. The SMILES string of the molecule is NCc1ccnc2nc(N)nn12. The highest BCUT2D eigenvalue weighted by atomic mass is 15.4. The molecule has 6 nitrogen and oxygen atoms in total. The van der Waals surface area contributed by atoms with Crippen LogP contribution in [0.5, 0.6) is 0 Å². The fourth-order valence-electron chi connectivity index (χ4n) is 1.01. The molecule has 6 heteroatoms. The van der Waals surface area contributed by atoms with Crippen LogP contribution in [-0.4, -0.2) is 19.6 Å². The summed E-state index contributed by atoms with van der Waals surface area (Å²) in [5.41, 5.74) is 11.7. The Labute approximate surface area is 68.2 Å². The average Bonchev–Trinajstić information content (AvgIpc) is 2.44. The molecule has 0 saturated carbocycles. The first-order valence-corrected chi connectivity index (χ1v) is 3.47. The number of nitrogen functional groups attached to an aromatic ring is 1. The molecule has 0 saturated heterocycles. The van der Waals surface area contributed by atoms with Crippen molar-refractivity contribution >= 4 is 11.7 Å². The molecule has 0 aliphatic rings. The molecule has 0 unspecified atom stereocenters. The van der Waals surface area contributed by atoms with Crippen molar-refractivity contribution in [3.63, 3.8) is 0 Å². The van der Waals surface area contributed by atoms with E-state index in [1.807, 2.05) is 0 Å². The number of fused-ring (bicyclic) bond motifs is 1. The Morgan fingerprint density at radius 1 is 1.50 bits per heavy atom. The highest BCUT2D eigenvalue weighted by molar-refractivity contribution is 5.34. The van der Waals surface area contributed by atoms with Crippen molar-refractivity contribution in [3.05, 3.63) is 18.0 Å². The van der Waals surface area contributed by atoms with Gasteiger partial charge in [-0.2, -0.15) is 9.50 Å². The second-order valence-corrected chi connectivity index (χ2v) is 2.32. The van der Waals surface area contributed by atoms with Gasteiger partial charge in [-0.05, 0) is 6.07 Å². The highest BCUT2D eigenvalue weighted by Gasteiger charge is 2.03. The van der Waals surface area contributed by atoms with Crippen LogP contribution in [0.3, 0.4) is 0 Å². The van der Waals surface area contributed by atoms with Gasteiger partial charge in [-0.15, -0.1) is 5.10 Å². The van der Waals surface area contributed by atoms with Crippen molar-refractivity contribution in [2.24, 2.45) is 5.73 Å². The predicted octanol–water partition coefficient (Wildman–Crippen LogP) is -0.835. The number of rotatable bonds is 1. The van der Waals surface area contributed by atoms with Gasteiger partial charge < -0.3 is 11.5 Å². The van der Waals surface area contributed by atoms with Gasteiger partial charge in [-0.1, -0.05) is 0 Å². The Morgan fingerprint density at radius 2 is 2.33 bits per heavy atom. The molecule has 0 aliphatic heterocycles. The van der Waals surface area contributed by atoms with Gasteiger partial charge in [0, 0.05) is 12.7 Å². The Balaban J connectivity index is 2.78. The summed E-state index contributed by atoms with van der Waals surface area (Å²) in [7, 11) is 0. The summed E-state index contributed by atoms with van der Waals surface area (Å²) >= 11 is 0. The van der Waals surface area contributed by atoms with Crippen LogP contribution in [0.2, 0.25) is 0 Å². The number of aromatic nitrogens is 4. The van der Waals surface area contributed by atoms with Gasteiger partial charge in [0.2, 0.25) is 5.95 Å². The third-order valence-electron chi connectivity index (χ3n) is 1.54. The third kappa shape index (κ3) is 0.892. The lowest BCUT2D eigenvalue weighted by atomic mass is 10.4. The second-order valence-electron chi connectivity index (χ2n) is 2.32. The molecule has 0 aromatic carbocycles. The normalized spacial score (nSPS) is 10.8.